The molecule has 182 valence electrons. The molecule has 0 unspecified atom stereocenters. The number of esters is 2. The lowest BCUT2D eigenvalue weighted by atomic mass is 10.1. The van der Waals surface area contributed by atoms with Crippen LogP contribution in [0.25, 0.3) is 0 Å². The van der Waals surface area contributed by atoms with E-state index >= 15 is 0 Å². The van der Waals surface area contributed by atoms with Crippen LogP contribution in [-0.4, -0.2) is 37.0 Å². The standard InChI is InChI=1S/C28H30N2O5/c31-26(34-20-22-10-4-1-5-11-22)17-16-25(28(33)35-21-23-12-6-2-7-13-23)29-18-19-30-27(32)24-14-8-3-9-15-24/h1-15,25,29H,16-21H2,(H,30,32)/t25-/m0/s1. The van der Waals surface area contributed by atoms with Gasteiger partial charge in [0.25, 0.3) is 5.91 Å². The second kappa shape index (κ2) is 14.3. The third-order valence-electron chi connectivity index (χ3n) is 5.23. The van der Waals surface area contributed by atoms with Crippen molar-refractivity contribution in [2.45, 2.75) is 32.1 Å². The van der Waals surface area contributed by atoms with Crippen molar-refractivity contribution in [3.8, 4) is 0 Å². The number of benzene rings is 3. The van der Waals surface area contributed by atoms with Crippen molar-refractivity contribution in [2.75, 3.05) is 13.1 Å². The third-order valence-corrected chi connectivity index (χ3v) is 5.23. The van der Waals surface area contributed by atoms with Crippen LogP contribution in [0.2, 0.25) is 0 Å². The normalized spacial score (nSPS) is 11.3. The number of hydrogen-bond acceptors (Lipinski definition) is 6. The molecular formula is C28H30N2O5. The first-order valence-corrected chi connectivity index (χ1v) is 11.6. The largest absolute Gasteiger partial charge is 0.461 e. The van der Waals surface area contributed by atoms with Gasteiger partial charge in [0, 0.05) is 25.1 Å². The summed E-state index contributed by atoms with van der Waals surface area (Å²) in [6, 6.07) is 27.0. The molecule has 2 N–H and O–H groups in total. The molecule has 3 aromatic carbocycles. The highest BCUT2D eigenvalue weighted by Crippen LogP contribution is 2.08. The van der Waals surface area contributed by atoms with Crippen molar-refractivity contribution in [3.63, 3.8) is 0 Å². The minimum absolute atomic E-state index is 0.0569. The van der Waals surface area contributed by atoms with Gasteiger partial charge in [0.2, 0.25) is 0 Å². The number of rotatable bonds is 13. The highest BCUT2D eigenvalue weighted by molar-refractivity contribution is 5.94. The van der Waals surface area contributed by atoms with Crippen molar-refractivity contribution in [2.24, 2.45) is 0 Å². The van der Waals surface area contributed by atoms with Crippen LogP contribution in [0, 0.1) is 0 Å². The van der Waals surface area contributed by atoms with Crippen molar-refractivity contribution in [1.82, 2.24) is 10.6 Å². The zero-order chi connectivity index (χ0) is 24.7. The molecule has 3 rings (SSSR count). The number of nitrogens with one attached hydrogen (secondary N) is 2. The zero-order valence-corrected chi connectivity index (χ0v) is 19.5. The van der Waals surface area contributed by atoms with Gasteiger partial charge in [0.05, 0.1) is 0 Å². The second-order valence-corrected chi connectivity index (χ2v) is 7.91. The zero-order valence-electron chi connectivity index (χ0n) is 19.5. The van der Waals surface area contributed by atoms with Crippen LogP contribution in [0.3, 0.4) is 0 Å². The lowest BCUT2D eigenvalue weighted by molar-refractivity contribution is -0.149. The van der Waals surface area contributed by atoms with Crippen molar-refractivity contribution < 1.29 is 23.9 Å². The predicted molar refractivity (Wildman–Crippen MR) is 132 cm³/mol. The van der Waals surface area contributed by atoms with E-state index in [9.17, 15) is 14.4 Å². The summed E-state index contributed by atoms with van der Waals surface area (Å²) in [7, 11) is 0. The van der Waals surface area contributed by atoms with Gasteiger partial charge in [0.1, 0.15) is 19.3 Å². The van der Waals surface area contributed by atoms with E-state index in [2.05, 4.69) is 10.6 Å². The van der Waals surface area contributed by atoms with E-state index in [1.54, 1.807) is 24.3 Å². The highest BCUT2D eigenvalue weighted by atomic mass is 16.5. The molecule has 35 heavy (non-hydrogen) atoms. The van der Waals surface area contributed by atoms with Crippen LogP contribution >= 0.6 is 0 Å². The SMILES string of the molecule is O=C(CC[C@H](NCCNC(=O)c1ccccc1)C(=O)OCc1ccccc1)OCc1ccccc1. The topological polar surface area (TPSA) is 93.7 Å². The molecular weight excluding hydrogens is 444 g/mol. The van der Waals surface area contributed by atoms with Gasteiger partial charge < -0.3 is 20.1 Å². The Hall–Kier alpha value is -3.97. The van der Waals surface area contributed by atoms with Crippen LogP contribution < -0.4 is 10.6 Å². The molecule has 0 saturated heterocycles. The van der Waals surface area contributed by atoms with Gasteiger partial charge in [-0.15, -0.1) is 0 Å². The molecule has 0 aromatic heterocycles. The van der Waals surface area contributed by atoms with Crippen molar-refractivity contribution in [1.29, 1.82) is 0 Å². The van der Waals surface area contributed by atoms with Crippen LogP contribution in [0.1, 0.15) is 34.3 Å². The van der Waals surface area contributed by atoms with Crippen LogP contribution in [0.15, 0.2) is 91.0 Å². The van der Waals surface area contributed by atoms with Crippen LogP contribution in [0.4, 0.5) is 0 Å². The Labute approximate surface area is 205 Å². The van der Waals surface area contributed by atoms with Crippen molar-refractivity contribution >= 4 is 17.8 Å². The summed E-state index contributed by atoms with van der Waals surface area (Å²) in [5.41, 5.74) is 2.33. The number of amides is 1. The first-order chi connectivity index (χ1) is 17.1. The Morgan fingerprint density at radius 2 is 1.23 bits per heavy atom. The van der Waals surface area contributed by atoms with E-state index in [4.69, 9.17) is 9.47 Å². The second-order valence-electron chi connectivity index (χ2n) is 7.91. The molecule has 0 aliphatic rings. The fourth-order valence-electron chi connectivity index (χ4n) is 3.32. The van der Waals surface area contributed by atoms with Gasteiger partial charge in [-0.2, -0.15) is 0 Å². The van der Waals surface area contributed by atoms with Crippen LogP contribution in [0.5, 0.6) is 0 Å². The smallest absolute Gasteiger partial charge is 0.323 e. The van der Waals surface area contributed by atoms with E-state index in [-0.39, 0.29) is 32.0 Å². The van der Waals surface area contributed by atoms with Gasteiger partial charge in [-0.05, 0) is 29.7 Å². The molecule has 1 atom stereocenters. The molecule has 0 radical (unpaired) electrons. The maximum Gasteiger partial charge on any atom is 0.323 e. The van der Waals surface area contributed by atoms with Gasteiger partial charge in [-0.1, -0.05) is 78.9 Å². The number of ether oxygens (including phenoxy) is 2. The summed E-state index contributed by atoms with van der Waals surface area (Å²) < 4.78 is 10.8. The first kappa shape index (κ1) is 25.6. The fourth-order valence-corrected chi connectivity index (χ4v) is 3.32. The summed E-state index contributed by atoms with van der Waals surface area (Å²) >= 11 is 0. The van der Waals surface area contributed by atoms with Gasteiger partial charge in [-0.25, -0.2) is 0 Å². The van der Waals surface area contributed by atoms with Crippen LogP contribution in [-0.2, 0) is 32.3 Å². The van der Waals surface area contributed by atoms with E-state index < -0.39 is 18.0 Å². The van der Waals surface area contributed by atoms with Gasteiger partial charge in [0.15, 0.2) is 0 Å². The van der Waals surface area contributed by atoms with Gasteiger partial charge >= 0.3 is 11.9 Å². The maximum atomic E-state index is 12.7. The molecule has 1 amide bonds. The fraction of sp³-hybridized carbons (Fsp3) is 0.250. The molecule has 0 aliphatic carbocycles. The van der Waals surface area contributed by atoms with E-state index in [0.717, 1.165) is 11.1 Å². The summed E-state index contributed by atoms with van der Waals surface area (Å²) in [6.07, 6.45) is 0.273. The molecule has 0 saturated carbocycles. The van der Waals surface area contributed by atoms with E-state index in [1.807, 2.05) is 66.7 Å². The molecule has 7 heteroatoms. The maximum absolute atomic E-state index is 12.7. The Morgan fingerprint density at radius 1 is 0.686 bits per heavy atom. The summed E-state index contributed by atoms with van der Waals surface area (Å²) in [5.74, 6) is -1.05. The quantitative estimate of drug-likeness (QED) is 0.290. The molecule has 0 spiro atoms. The Bertz CT molecular complexity index is 1060. The molecule has 7 nitrogen and oxygen atoms in total. The Balaban J connectivity index is 1.47. The number of hydrogen-bond donors (Lipinski definition) is 2. The number of carbonyl (C=O) groups is 3. The summed E-state index contributed by atoms with van der Waals surface area (Å²) in [5, 5.41) is 5.90. The summed E-state index contributed by atoms with van der Waals surface area (Å²) in [6.45, 7) is 0.972. The van der Waals surface area contributed by atoms with E-state index in [1.165, 1.54) is 0 Å². The molecule has 0 fully saturated rings. The number of carbonyl (C=O) groups excluding carboxylic acids is 3. The minimum Gasteiger partial charge on any atom is -0.461 e. The monoisotopic (exact) mass is 474 g/mol. The Kier molecular flexibility index (Phi) is 10.5. The first-order valence-electron chi connectivity index (χ1n) is 11.6. The average Bonchev–Trinajstić information content (AvgIpc) is 2.91. The molecule has 0 bridgehead atoms. The third kappa shape index (κ3) is 9.43. The lowest BCUT2D eigenvalue weighted by Crippen LogP contribution is -2.42. The van der Waals surface area contributed by atoms with Crippen molar-refractivity contribution in [3.05, 3.63) is 108 Å². The van der Waals surface area contributed by atoms with E-state index in [0.29, 0.717) is 18.7 Å². The molecule has 3 aromatic rings. The average molecular weight is 475 g/mol. The minimum atomic E-state index is -0.711. The predicted octanol–water partition coefficient (Wildman–Crippen LogP) is 3.64. The van der Waals surface area contributed by atoms with Gasteiger partial charge in [-0.3, -0.25) is 14.4 Å². The molecule has 0 aliphatic heterocycles. The summed E-state index contributed by atoms with van der Waals surface area (Å²) in [4.78, 5) is 37.2. The Morgan fingerprint density at radius 3 is 1.83 bits per heavy atom. The highest BCUT2D eigenvalue weighted by Gasteiger charge is 2.21. The lowest BCUT2D eigenvalue weighted by Gasteiger charge is -2.18. The molecule has 0 heterocycles.